The molecule has 1 aromatic carbocycles. The van der Waals surface area contributed by atoms with E-state index in [1.54, 1.807) is 16.4 Å². The number of rotatable bonds is 5. The average Bonchev–Trinajstić information content (AvgIpc) is 2.48. The van der Waals surface area contributed by atoms with Gasteiger partial charge in [-0.1, -0.05) is 18.5 Å². The highest BCUT2D eigenvalue weighted by Gasteiger charge is 2.31. The zero-order valence-corrected chi connectivity index (χ0v) is 13.9. The molecule has 1 fully saturated rings. The lowest BCUT2D eigenvalue weighted by Crippen LogP contribution is -2.48. The summed E-state index contributed by atoms with van der Waals surface area (Å²) in [5.41, 5.74) is 0. The minimum Gasteiger partial charge on any atom is -0.495 e. The molecule has 1 aliphatic heterocycles. The SMILES string of the molecule is CCN(C1CCCNC1)S(=O)(=O)c1ccc(OC)c(Cl)c1. The van der Waals surface area contributed by atoms with Gasteiger partial charge >= 0.3 is 0 Å². The molecule has 0 bridgehead atoms. The van der Waals surface area contributed by atoms with E-state index in [0.29, 0.717) is 23.9 Å². The lowest BCUT2D eigenvalue weighted by molar-refractivity contribution is 0.274. The molecule has 7 heteroatoms. The second-order valence-electron chi connectivity index (χ2n) is 5.00. The van der Waals surface area contributed by atoms with Crippen molar-refractivity contribution in [1.29, 1.82) is 0 Å². The number of benzene rings is 1. The van der Waals surface area contributed by atoms with Crippen LogP contribution in [0.3, 0.4) is 0 Å². The van der Waals surface area contributed by atoms with Gasteiger partial charge in [-0.05, 0) is 37.6 Å². The normalized spacial score (nSPS) is 19.7. The van der Waals surface area contributed by atoms with E-state index < -0.39 is 10.0 Å². The van der Waals surface area contributed by atoms with Crippen molar-refractivity contribution in [2.75, 3.05) is 26.7 Å². The number of ether oxygens (including phenoxy) is 1. The monoisotopic (exact) mass is 332 g/mol. The van der Waals surface area contributed by atoms with Crippen LogP contribution < -0.4 is 10.1 Å². The number of nitrogens with zero attached hydrogens (tertiary/aromatic N) is 1. The Balaban J connectivity index is 2.32. The van der Waals surface area contributed by atoms with Crippen molar-refractivity contribution in [2.45, 2.75) is 30.7 Å². The van der Waals surface area contributed by atoms with E-state index in [2.05, 4.69) is 5.32 Å². The molecule has 0 amide bonds. The van der Waals surface area contributed by atoms with Gasteiger partial charge < -0.3 is 10.1 Å². The molecule has 2 rings (SSSR count). The number of hydrogen-bond donors (Lipinski definition) is 1. The molecule has 1 aliphatic rings. The first kappa shape index (κ1) is 16.5. The fourth-order valence-corrected chi connectivity index (χ4v) is 4.66. The fraction of sp³-hybridized carbons (Fsp3) is 0.571. The molecular weight excluding hydrogens is 312 g/mol. The zero-order valence-electron chi connectivity index (χ0n) is 12.3. The van der Waals surface area contributed by atoms with Crippen LogP contribution in [0.2, 0.25) is 5.02 Å². The van der Waals surface area contributed by atoms with Crippen LogP contribution in [0, 0.1) is 0 Å². The van der Waals surface area contributed by atoms with Crippen molar-refractivity contribution >= 4 is 21.6 Å². The highest BCUT2D eigenvalue weighted by atomic mass is 35.5. The van der Waals surface area contributed by atoms with Crippen LogP contribution in [0.5, 0.6) is 5.75 Å². The molecule has 0 saturated carbocycles. The predicted octanol–water partition coefficient (Wildman–Crippen LogP) is 2.11. The Bertz CT molecular complexity index is 586. The van der Waals surface area contributed by atoms with Crippen LogP contribution in [0.25, 0.3) is 0 Å². The summed E-state index contributed by atoms with van der Waals surface area (Å²) in [6.07, 6.45) is 1.87. The standard InChI is InChI=1S/C14H21ClN2O3S/c1-3-17(11-5-4-8-16-10-11)21(18,19)12-6-7-14(20-2)13(15)9-12/h6-7,9,11,16H,3-5,8,10H2,1-2H3. The largest absolute Gasteiger partial charge is 0.495 e. The summed E-state index contributed by atoms with van der Waals surface area (Å²) in [5.74, 6) is 0.470. The van der Waals surface area contributed by atoms with E-state index in [9.17, 15) is 8.42 Å². The second kappa shape index (κ2) is 6.96. The first-order chi connectivity index (χ1) is 10.0. The fourth-order valence-electron chi connectivity index (χ4n) is 2.65. The maximum absolute atomic E-state index is 12.8. The third-order valence-electron chi connectivity index (χ3n) is 3.72. The molecule has 1 heterocycles. The molecule has 0 aliphatic carbocycles. The first-order valence-electron chi connectivity index (χ1n) is 7.06. The molecule has 0 spiro atoms. The third-order valence-corrected chi connectivity index (χ3v) is 6.04. The average molecular weight is 333 g/mol. The quantitative estimate of drug-likeness (QED) is 0.897. The lowest BCUT2D eigenvalue weighted by atomic mass is 10.1. The number of nitrogens with one attached hydrogen (secondary N) is 1. The minimum absolute atomic E-state index is 0.00497. The van der Waals surface area contributed by atoms with Crippen molar-refractivity contribution in [2.24, 2.45) is 0 Å². The number of sulfonamides is 1. The third kappa shape index (κ3) is 3.51. The number of likely N-dealkylation sites (N-methyl/N-ethyl adjacent to an activating group) is 1. The summed E-state index contributed by atoms with van der Waals surface area (Å²) in [4.78, 5) is 0.209. The zero-order chi connectivity index (χ0) is 15.5. The van der Waals surface area contributed by atoms with Gasteiger partial charge in [0.15, 0.2) is 0 Å². The van der Waals surface area contributed by atoms with E-state index in [0.717, 1.165) is 19.4 Å². The number of piperidine rings is 1. The Kier molecular flexibility index (Phi) is 5.48. The topological polar surface area (TPSA) is 58.6 Å². The van der Waals surface area contributed by atoms with Gasteiger partial charge in [-0.3, -0.25) is 0 Å². The van der Waals surface area contributed by atoms with E-state index in [-0.39, 0.29) is 10.9 Å². The van der Waals surface area contributed by atoms with Crippen molar-refractivity contribution in [1.82, 2.24) is 9.62 Å². The maximum Gasteiger partial charge on any atom is 0.243 e. The summed E-state index contributed by atoms with van der Waals surface area (Å²) in [5, 5.41) is 3.55. The van der Waals surface area contributed by atoms with Crippen LogP contribution in [0.15, 0.2) is 23.1 Å². The Morgan fingerprint density at radius 2 is 2.24 bits per heavy atom. The van der Waals surface area contributed by atoms with E-state index >= 15 is 0 Å². The van der Waals surface area contributed by atoms with Crippen LogP contribution in [0.1, 0.15) is 19.8 Å². The van der Waals surface area contributed by atoms with Crippen LogP contribution >= 0.6 is 11.6 Å². The molecule has 0 aromatic heterocycles. The Hall–Kier alpha value is -0.820. The summed E-state index contributed by atoms with van der Waals surface area (Å²) < 4.78 is 32.2. The van der Waals surface area contributed by atoms with Gasteiger partial charge in [0.25, 0.3) is 0 Å². The lowest BCUT2D eigenvalue weighted by Gasteiger charge is -2.33. The second-order valence-corrected chi connectivity index (χ2v) is 7.30. The summed E-state index contributed by atoms with van der Waals surface area (Å²) in [6, 6.07) is 4.57. The molecule has 1 saturated heterocycles. The van der Waals surface area contributed by atoms with Gasteiger partial charge in [-0.15, -0.1) is 0 Å². The molecular formula is C14H21ClN2O3S. The van der Waals surface area contributed by atoms with Crippen LogP contribution in [0.4, 0.5) is 0 Å². The smallest absolute Gasteiger partial charge is 0.243 e. The number of hydrogen-bond acceptors (Lipinski definition) is 4. The van der Waals surface area contributed by atoms with E-state index in [4.69, 9.17) is 16.3 Å². The van der Waals surface area contributed by atoms with E-state index in [1.807, 2.05) is 6.92 Å². The van der Waals surface area contributed by atoms with Gasteiger partial charge in [0.05, 0.1) is 17.0 Å². The maximum atomic E-state index is 12.8. The molecule has 118 valence electrons. The van der Waals surface area contributed by atoms with Gasteiger partial charge in [-0.25, -0.2) is 8.42 Å². The minimum atomic E-state index is -3.54. The van der Waals surface area contributed by atoms with Crippen molar-refractivity contribution < 1.29 is 13.2 Å². The Morgan fingerprint density at radius 3 is 2.76 bits per heavy atom. The van der Waals surface area contributed by atoms with Crippen molar-refractivity contribution in [3.05, 3.63) is 23.2 Å². The number of halogens is 1. The summed E-state index contributed by atoms with van der Waals surface area (Å²) >= 11 is 6.05. The summed E-state index contributed by atoms with van der Waals surface area (Å²) in [6.45, 7) is 3.94. The van der Waals surface area contributed by atoms with Gasteiger partial charge in [0.1, 0.15) is 5.75 Å². The first-order valence-corrected chi connectivity index (χ1v) is 8.88. The molecule has 1 aromatic rings. The highest BCUT2D eigenvalue weighted by molar-refractivity contribution is 7.89. The van der Waals surface area contributed by atoms with Crippen molar-refractivity contribution in [3.8, 4) is 5.75 Å². The van der Waals surface area contributed by atoms with Crippen molar-refractivity contribution in [3.63, 3.8) is 0 Å². The molecule has 1 N–H and O–H groups in total. The van der Waals surface area contributed by atoms with Crippen LogP contribution in [-0.4, -0.2) is 45.5 Å². The highest BCUT2D eigenvalue weighted by Crippen LogP contribution is 2.29. The van der Waals surface area contributed by atoms with Gasteiger partial charge in [0, 0.05) is 19.1 Å². The van der Waals surface area contributed by atoms with Gasteiger partial charge in [-0.2, -0.15) is 4.31 Å². The number of methoxy groups -OCH3 is 1. The Labute approximate surface area is 131 Å². The summed E-state index contributed by atoms with van der Waals surface area (Å²) in [7, 11) is -2.04. The predicted molar refractivity (Wildman–Crippen MR) is 83.5 cm³/mol. The molecule has 5 nitrogen and oxygen atoms in total. The molecule has 1 atom stereocenters. The van der Waals surface area contributed by atoms with Crippen LogP contribution in [-0.2, 0) is 10.0 Å². The van der Waals surface area contributed by atoms with E-state index in [1.165, 1.54) is 13.2 Å². The van der Waals surface area contributed by atoms with Gasteiger partial charge in [0.2, 0.25) is 10.0 Å². The molecule has 21 heavy (non-hydrogen) atoms. The Morgan fingerprint density at radius 1 is 1.48 bits per heavy atom. The molecule has 0 radical (unpaired) electrons. The molecule has 1 unspecified atom stereocenters.